The van der Waals surface area contributed by atoms with Crippen LogP contribution in [0.2, 0.25) is 5.02 Å². The van der Waals surface area contributed by atoms with Crippen LogP contribution in [0, 0.1) is 0 Å². The van der Waals surface area contributed by atoms with Crippen molar-refractivity contribution >= 4 is 23.2 Å². The number of carbonyl (C=O) groups is 1. The van der Waals surface area contributed by atoms with E-state index >= 15 is 0 Å². The van der Waals surface area contributed by atoms with Crippen LogP contribution in [0.3, 0.4) is 0 Å². The Kier molecular flexibility index (Phi) is 4.26. The van der Waals surface area contributed by atoms with Gasteiger partial charge in [-0.05, 0) is 18.2 Å². The quantitative estimate of drug-likeness (QED) is 0.789. The smallest absolute Gasteiger partial charge is 0.272 e. The number of aromatic nitrogens is 4. The third kappa shape index (κ3) is 2.85. The number of halogens is 1. The van der Waals surface area contributed by atoms with E-state index in [1.807, 2.05) is 19.3 Å². The number of rotatable bonds is 4. The summed E-state index contributed by atoms with van der Waals surface area (Å²) in [4.78, 5) is 16.6. The number of hydrogen-bond donors (Lipinski definition) is 1. The average Bonchev–Trinajstić information content (AvgIpc) is 3.13. The molecule has 0 atom stereocenters. The number of nitrogens with zero attached hydrogens (tertiary/aromatic N) is 4. The van der Waals surface area contributed by atoms with Gasteiger partial charge >= 0.3 is 0 Å². The van der Waals surface area contributed by atoms with Crippen molar-refractivity contribution in [1.29, 1.82) is 0 Å². The molecule has 24 heavy (non-hydrogen) atoms. The van der Waals surface area contributed by atoms with E-state index in [0.29, 0.717) is 33.5 Å². The fourth-order valence-corrected chi connectivity index (χ4v) is 2.73. The lowest BCUT2D eigenvalue weighted by Gasteiger charge is -2.12. The second-order valence-corrected chi connectivity index (χ2v) is 5.61. The number of aryl methyl sites for hydroxylation is 2. The van der Waals surface area contributed by atoms with Gasteiger partial charge < -0.3 is 14.6 Å². The largest absolute Gasteiger partial charge is 0.481 e. The lowest BCUT2D eigenvalue weighted by molar-refractivity contribution is 0.101. The fraction of sp³-hybridized carbons (Fsp3) is 0.188. The van der Waals surface area contributed by atoms with Crippen LogP contribution in [0.15, 0.2) is 36.8 Å². The highest BCUT2D eigenvalue weighted by Crippen LogP contribution is 2.34. The number of methoxy groups -OCH3 is 1. The highest BCUT2D eigenvalue weighted by Gasteiger charge is 2.17. The van der Waals surface area contributed by atoms with Crippen LogP contribution in [-0.4, -0.2) is 32.3 Å². The Balaban J connectivity index is 1.98. The normalized spacial score (nSPS) is 10.7. The molecule has 0 aliphatic heterocycles. The lowest BCUT2D eigenvalue weighted by Crippen LogP contribution is -2.15. The van der Waals surface area contributed by atoms with Crippen LogP contribution in [0.4, 0.5) is 5.69 Å². The van der Waals surface area contributed by atoms with Crippen molar-refractivity contribution in [2.75, 3.05) is 12.4 Å². The lowest BCUT2D eigenvalue weighted by atomic mass is 10.2. The molecule has 0 unspecified atom stereocenters. The van der Waals surface area contributed by atoms with Crippen LogP contribution in [0.5, 0.6) is 5.88 Å². The van der Waals surface area contributed by atoms with Gasteiger partial charge in [0.15, 0.2) is 0 Å². The maximum Gasteiger partial charge on any atom is 0.272 e. The molecule has 0 fully saturated rings. The molecule has 0 aromatic carbocycles. The summed E-state index contributed by atoms with van der Waals surface area (Å²) >= 11 is 6.21. The van der Waals surface area contributed by atoms with E-state index in [0.717, 1.165) is 0 Å². The summed E-state index contributed by atoms with van der Waals surface area (Å²) in [6.07, 6.45) is 4.89. The van der Waals surface area contributed by atoms with Crippen molar-refractivity contribution in [1.82, 2.24) is 19.3 Å². The Labute approximate surface area is 143 Å². The molecule has 0 saturated heterocycles. The number of amides is 1. The summed E-state index contributed by atoms with van der Waals surface area (Å²) in [6.45, 7) is 0. The zero-order valence-electron chi connectivity index (χ0n) is 13.4. The molecule has 0 spiro atoms. The van der Waals surface area contributed by atoms with Gasteiger partial charge in [-0.3, -0.25) is 9.48 Å². The maximum absolute atomic E-state index is 12.3. The predicted molar refractivity (Wildman–Crippen MR) is 91.4 cm³/mol. The van der Waals surface area contributed by atoms with Crippen LogP contribution in [0.25, 0.3) is 11.3 Å². The third-order valence-corrected chi connectivity index (χ3v) is 3.90. The molecule has 7 nitrogen and oxygen atoms in total. The molecular weight excluding hydrogens is 330 g/mol. The Morgan fingerprint density at radius 2 is 2.12 bits per heavy atom. The van der Waals surface area contributed by atoms with Gasteiger partial charge in [-0.1, -0.05) is 11.6 Å². The number of pyridine rings is 1. The molecular formula is C16H16ClN5O2. The van der Waals surface area contributed by atoms with Gasteiger partial charge in [0.1, 0.15) is 5.69 Å². The zero-order valence-corrected chi connectivity index (χ0v) is 14.2. The van der Waals surface area contributed by atoms with Crippen LogP contribution in [0.1, 0.15) is 10.5 Å². The number of nitrogens with one attached hydrogen (secondary N) is 1. The first-order valence-corrected chi connectivity index (χ1v) is 7.53. The third-order valence-electron chi connectivity index (χ3n) is 3.63. The molecule has 1 amide bonds. The second kappa shape index (κ2) is 6.37. The SMILES string of the molecule is COc1ncc(NC(=O)c2cccn2C)cc1-c1c(Cl)cnn1C. The number of anilines is 1. The van der Waals surface area contributed by atoms with Crippen molar-refractivity contribution in [3.63, 3.8) is 0 Å². The Morgan fingerprint density at radius 3 is 2.71 bits per heavy atom. The minimum Gasteiger partial charge on any atom is -0.481 e. The number of hydrogen-bond acceptors (Lipinski definition) is 4. The van der Waals surface area contributed by atoms with Crippen LogP contribution < -0.4 is 10.1 Å². The van der Waals surface area contributed by atoms with Gasteiger partial charge in [-0.15, -0.1) is 0 Å². The van der Waals surface area contributed by atoms with Crippen molar-refractivity contribution in [2.45, 2.75) is 0 Å². The first-order valence-electron chi connectivity index (χ1n) is 7.16. The van der Waals surface area contributed by atoms with Crippen molar-refractivity contribution in [3.8, 4) is 17.1 Å². The van der Waals surface area contributed by atoms with Crippen molar-refractivity contribution in [3.05, 3.63) is 47.5 Å². The van der Waals surface area contributed by atoms with Gasteiger partial charge in [0.2, 0.25) is 5.88 Å². The summed E-state index contributed by atoms with van der Waals surface area (Å²) in [5, 5.41) is 7.42. The van der Waals surface area contributed by atoms with Gasteiger partial charge in [0.25, 0.3) is 5.91 Å². The van der Waals surface area contributed by atoms with E-state index in [1.54, 1.807) is 34.6 Å². The second-order valence-electron chi connectivity index (χ2n) is 5.20. The van der Waals surface area contributed by atoms with E-state index in [2.05, 4.69) is 15.4 Å². The molecule has 0 bridgehead atoms. The van der Waals surface area contributed by atoms with Crippen molar-refractivity contribution < 1.29 is 9.53 Å². The molecule has 0 aliphatic carbocycles. The molecule has 3 rings (SSSR count). The number of carbonyl (C=O) groups excluding carboxylic acids is 1. The topological polar surface area (TPSA) is 74.0 Å². The molecule has 3 aromatic rings. The highest BCUT2D eigenvalue weighted by atomic mass is 35.5. The van der Waals surface area contributed by atoms with Gasteiger partial charge in [0, 0.05) is 20.3 Å². The monoisotopic (exact) mass is 345 g/mol. The molecule has 0 aliphatic rings. The number of ether oxygens (including phenoxy) is 1. The summed E-state index contributed by atoms with van der Waals surface area (Å²) in [5.74, 6) is 0.175. The molecule has 124 valence electrons. The van der Waals surface area contributed by atoms with Crippen molar-refractivity contribution in [2.24, 2.45) is 14.1 Å². The highest BCUT2D eigenvalue weighted by molar-refractivity contribution is 6.33. The molecule has 0 radical (unpaired) electrons. The summed E-state index contributed by atoms with van der Waals surface area (Å²) in [5.41, 5.74) is 2.39. The molecule has 8 heteroatoms. The zero-order chi connectivity index (χ0) is 17.3. The van der Waals surface area contributed by atoms with Gasteiger partial charge in [-0.25, -0.2) is 4.98 Å². The fourth-order valence-electron chi connectivity index (χ4n) is 2.46. The van der Waals surface area contributed by atoms with E-state index in [4.69, 9.17) is 16.3 Å². The van der Waals surface area contributed by atoms with Crippen LogP contribution >= 0.6 is 11.6 Å². The minimum absolute atomic E-state index is 0.225. The first kappa shape index (κ1) is 16.1. The van der Waals surface area contributed by atoms with Crippen LogP contribution in [-0.2, 0) is 14.1 Å². The molecule has 3 aromatic heterocycles. The summed E-state index contributed by atoms with van der Waals surface area (Å²) < 4.78 is 8.67. The van der Waals surface area contributed by atoms with Gasteiger partial charge in [0.05, 0.1) is 41.5 Å². The Hall–Kier alpha value is -2.80. The standard InChI is InChI=1S/C16H16ClN5O2/c1-21-6-4-5-13(21)15(23)20-10-7-11(16(24-3)18-8-10)14-12(17)9-19-22(14)2/h4-9H,1-3H3,(H,20,23). The van der Waals surface area contributed by atoms with E-state index in [1.165, 1.54) is 13.3 Å². The average molecular weight is 346 g/mol. The molecule has 3 heterocycles. The summed E-state index contributed by atoms with van der Waals surface area (Å²) in [7, 11) is 5.11. The summed E-state index contributed by atoms with van der Waals surface area (Å²) in [6, 6.07) is 5.31. The Bertz CT molecular complexity index is 880. The van der Waals surface area contributed by atoms with E-state index < -0.39 is 0 Å². The van der Waals surface area contributed by atoms with Gasteiger partial charge in [-0.2, -0.15) is 5.10 Å². The predicted octanol–water partition coefficient (Wildman–Crippen LogP) is 2.73. The van der Waals surface area contributed by atoms with E-state index in [-0.39, 0.29) is 5.91 Å². The maximum atomic E-state index is 12.3. The first-order chi connectivity index (χ1) is 11.5. The van der Waals surface area contributed by atoms with E-state index in [9.17, 15) is 4.79 Å². The molecule has 0 saturated carbocycles. The molecule has 1 N–H and O–H groups in total. The minimum atomic E-state index is -0.225. The Morgan fingerprint density at radius 1 is 1.33 bits per heavy atom.